The predicted molar refractivity (Wildman–Crippen MR) is 81.0 cm³/mol. The Morgan fingerprint density at radius 2 is 2.06 bits per heavy atom. The van der Waals surface area contributed by atoms with Crippen molar-refractivity contribution >= 4 is 0 Å². The minimum Gasteiger partial charge on any atom is -0.316 e. The number of nitrogens with zero attached hydrogens (tertiary/aromatic N) is 1. The third-order valence-corrected chi connectivity index (χ3v) is 4.51. The molecule has 0 saturated carbocycles. The van der Waals surface area contributed by atoms with Gasteiger partial charge in [-0.25, -0.2) is 0 Å². The molecule has 0 spiro atoms. The van der Waals surface area contributed by atoms with Crippen LogP contribution in [0.2, 0.25) is 0 Å². The van der Waals surface area contributed by atoms with Crippen LogP contribution in [0.5, 0.6) is 0 Å². The van der Waals surface area contributed by atoms with E-state index in [2.05, 4.69) is 44.8 Å². The minimum atomic E-state index is 0.437. The molecule has 0 amide bonds. The van der Waals surface area contributed by atoms with Crippen molar-refractivity contribution in [3.63, 3.8) is 0 Å². The standard InChI is InChI=1S/C16H34N2/c1-6-15-9-8-10-18(15)13-16(5,7-2)12-17-11-14(3)4/h14-15,17H,6-13H2,1-5H3. The molecule has 108 valence electrons. The van der Waals surface area contributed by atoms with Crippen LogP contribution in [0.3, 0.4) is 0 Å². The van der Waals surface area contributed by atoms with Crippen LogP contribution in [0.15, 0.2) is 0 Å². The van der Waals surface area contributed by atoms with Gasteiger partial charge in [-0.1, -0.05) is 34.6 Å². The topological polar surface area (TPSA) is 15.3 Å². The molecule has 1 rings (SSSR count). The zero-order valence-electron chi connectivity index (χ0n) is 13.3. The predicted octanol–water partition coefficient (Wildman–Crippen LogP) is 3.52. The van der Waals surface area contributed by atoms with Crippen molar-refractivity contribution in [1.29, 1.82) is 0 Å². The smallest absolute Gasteiger partial charge is 0.00933 e. The van der Waals surface area contributed by atoms with Crippen LogP contribution >= 0.6 is 0 Å². The molecule has 0 aromatic rings. The Morgan fingerprint density at radius 3 is 2.61 bits per heavy atom. The average Bonchev–Trinajstić information content (AvgIpc) is 2.75. The van der Waals surface area contributed by atoms with Crippen molar-refractivity contribution in [3.8, 4) is 0 Å². The Bertz CT molecular complexity index is 227. The Kier molecular flexibility index (Phi) is 6.65. The molecule has 18 heavy (non-hydrogen) atoms. The molecular formula is C16H34N2. The molecule has 1 N–H and O–H groups in total. The Labute approximate surface area is 115 Å². The highest BCUT2D eigenvalue weighted by atomic mass is 15.2. The third-order valence-electron chi connectivity index (χ3n) is 4.51. The van der Waals surface area contributed by atoms with E-state index >= 15 is 0 Å². The largest absolute Gasteiger partial charge is 0.316 e. The average molecular weight is 254 g/mol. The van der Waals surface area contributed by atoms with Crippen molar-refractivity contribution in [1.82, 2.24) is 10.2 Å². The molecule has 0 radical (unpaired) electrons. The van der Waals surface area contributed by atoms with Crippen LogP contribution < -0.4 is 5.32 Å². The van der Waals surface area contributed by atoms with Gasteiger partial charge in [0.25, 0.3) is 0 Å². The van der Waals surface area contributed by atoms with E-state index in [4.69, 9.17) is 0 Å². The summed E-state index contributed by atoms with van der Waals surface area (Å²) in [7, 11) is 0. The molecule has 0 aromatic carbocycles. The van der Waals surface area contributed by atoms with Gasteiger partial charge in [0.05, 0.1) is 0 Å². The lowest BCUT2D eigenvalue weighted by Gasteiger charge is -2.36. The summed E-state index contributed by atoms with van der Waals surface area (Å²) < 4.78 is 0. The van der Waals surface area contributed by atoms with Crippen molar-refractivity contribution in [2.75, 3.05) is 26.2 Å². The van der Waals surface area contributed by atoms with E-state index in [-0.39, 0.29) is 0 Å². The fourth-order valence-electron chi connectivity index (χ4n) is 3.01. The van der Waals surface area contributed by atoms with Crippen molar-refractivity contribution in [2.45, 2.75) is 66.3 Å². The molecule has 0 bridgehead atoms. The van der Waals surface area contributed by atoms with Crippen LogP contribution in [-0.4, -0.2) is 37.1 Å². The lowest BCUT2D eigenvalue weighted by Crippen LogP contribution is -2.44. The number of likely N-dealkylation sites (tertiary alicyclic amines) is 1. The van der Waals surface area contributed by atoms with Crippen LogP contribution in [0.25, 0.3) is 0 Å². The molecular weight excluding hydrogens is 220 g/mol. The van der Waals surface area contributed by atoms with Crippen LogP contribution in [-0.2, 0) is 0 Å². The van der Waals surface area contributed by atoms with E-state index in [1.165, 1.54) is 38.8 Å². The molecule has 2 nitrogen and oxygen atoms in total. The summed E-state index contributed by atoms with van der Waals surface area (Å²) in [5.41, 5.74) is 0.437. The molecule has 2 heteroatoms. The quantitative estimate of drug-likeness (QED) is 0.713. The maximum atomic E-state index is 3.66. The fraction of sp³-hybridized carbons (Fsp3) is 1.00. The van der Waals surface area contributed by atoms with Gasteiger partial charge in [0.15, 0.2) is 0 Å². The highest BCUT2D eigenvalue weighted by molar-refractivity contribution is 4.86. The maximum absolute atomic E-state index is 3.66. The van der Waals surface area contributed by atoms with Crippen LogP contribution in [0.4, 0.5) is 0 Å². The first-order valence-corrected chi connectivity index (χ1v) is 7.95. The number of rotatable bonds is 8. The second-order valence-electron chi connectivity index (χ2n) is 6.86. The highest BCUT2D eigenvalue weighted by Gasteiger charge is 2.30. The molecule has 2 atom stereocenters. The summed E-state index contributed by atoms with van der Waals surface area (Å²) in [6.45, 7) is 16.6. The van der Waals surface area contributed by atoms with E-state index in [1.807, 2.05) is 0 Å². The van der Waals surface area contributed by atoms with Crippen molar-refractivity contribution < 1.29 is 0 Å². The minimum absolute atomic E-state index is 0.437. The van der Waals surface area contributed by atoms with Crippen molar-refractivity contribution in [2.24, 2.45) is 11.3 Å². The Hall–Kier alpha value is -0.0800. The first kappa shape index (κ1) is 16.0. The lowest BCUT2D eigenvalue weighted by atomic mass is 9.86. The Morgan fingerprint density at radius 1 is 1.33 bits per heavy atom. The van der Waals surface area contributed by atoms with E-state index in [0.29, 0.717) is 5.41 Å². The Balaban J connectivity index is 2.43. The second-order valence-corrected chi connectivity index (χ2v) is 6.86. The van der Waals surface area contributed by atoms with Gasteiger partial charge in [-0.15, -0.1) is 0 Å². The van der Waals surface area contributed by atoms with Gasteiger partial charge < -0.3 is 5.32 Å². The molecule has 0 aromatic heterocycles. The van der Waals surface area contributed by atoms with Gasteiger partial charge in [0.1, 0.15) is 0 Å². The zero-order valence-corrected chi connectivity index (χ0v) is 13.3. The molecule has 1 aliphatic rings. The van der Waals surface area contributed by atoms with Crippen LogP contribution in [0, 0.1) is 11.3 Å². The molecule has 1 saturated heterocycles. The number of hydrogen-bond acceptors (Lipinski definition) is 2. The van der Waals surface area contributed by atoms with Gasteiger partial charge in [0, 0.05) is 19.1 Å². The van der Waals surface area contributed by atoms with Gasteiger partial charge in [-0.05, 0) is 50.1 Å². The second kappa shape index (κ2) is 7.49. The summed E-state index contributed by atoms with van der Waals surface area (Å²) in [6, 6.07) is 0.848. The lowest BCUT2D eigenvalue weighted by molar-refractivity contribution is 0.141. The third kappa shape index (κ3) is 4.89. The van der Waals surface area contributed by atoms with Crippen molar-refractivity contribution in [3.05, 3.63) is 0 Å². The first-order chi connectivity index (χ1) is 8.50. The normalized spacial score (nSPS) is 24.7. The summed E-state index contributed by atoms with van der Waals surface area (Å²) in [4.78, 5) is 2.74. The molecule has 0 aliphatic carbocycles. The first-order valence-electron chi connectivity index (χ1n) is 7.95. The van der Waals surface area contributed by atoms with Gasteiger partial charge >= 0.3 is 0 Å². The van der Waals surface area contributed by atoms with Gasteiger partial charge in [-0.2, -0.15) is 0 Å². The van der Waals surface area contributed by atoms with Crippen LogP contribution in [0.1, 0.15) is 60.3 Å². The number of hydrogen-bond donors (Lipinski definition) is 1. The van der Waals surface area contributed by atoms with Gasteiger partial charge in [-0.3, -0.25) is 4.90 Å². The summed E-state index contributed by atoms with van der Waals surface area (Å²) >= 11 is 0. The molecule has 1 aliphatic heterocycles. The summed E-state index contributed by atoms with van der Waals surface area (Å²) in [6.07, 6.45) is 5.40. The highest BCUT2D eigenvalue weighted by Crippen LogP contribution is 2.28. The fourth-order valence-corrected chi connectivity index (χ4v) is 3.01. The van der Waals surface area contributed by atoms with E-state index in [1.54, 1.807) is 0 Å². The summed E-state index contributed by atoms with van der Waals surface area (Å²) in [5.74, 6) is 0.751. The maximum Gasteiger partial charge on any atom is 0.00933 e. The number of nitrogens with one attached hydrogen (secondary N) is 1. The monoisotopic (exact) mass is 254 g/mol. The SMILES string of the molecule is CCC1CCCN1CC(C)(CC)CNCC(C)C. The summed E-state index contributed by atoms with van der Waals surface area (Å²) in [5, 5.41) is 3.66. The zero-order chi connectivity index (χ0) is 13.6. The van der Waals surface area contributed by atoms with E-state index in [9.17, 15) is 0 Å². The van der Waals surface area contributed by atoms with Gasteiger partial charge in [0.2, 0.25) is 0 Å². The van der Waals surface area contributed by atoms with E-state index < -0.39 is 0 Å². The molecule has 1 fully saturated rings. The van der Waals surface area contributed by atoms with E-state index in [0.717, 1.165) is 25.0 Å². The molecule has 2 unspecified atom stereocenters. The molecule has 1 heterocycles.